The lowest BCUT2D eigenvalue weighted by molar-refractivity contribution is -0.132. The van der Waals surface area contributed by atoms with Gasteiger partial charge in [-0.25, -0.2) is 4.79 Å². The number of benzene rings is 1. The Morgan fingerprint density at radius 1 is 1.47 bits per heavy atom. The Hall–Kier alpha value is -2.44. The van der Waals surface area contributed by atoms with Gasteiger partial charge in [-0.15, -0.1) is 0 Å². The molecule has 0 aliphatic carbocycles. The summed E-state index contributed by atoms with van der Waals surface area (Å²) in [4.78, 5) is 10.6. The van der Waals surface area contributed by atoms with Crippen molar-refractivity contribution >= 4 is 27.5 Å². The molecule has 0 aliphatic heterocycles. The maximum Gasteiger partial charge on any atom is 0.369 e. The number of nitrogens with zero attached hydrogens (tertiary/aromatic N) is 2. The third-order valence-electron chi connectivity index (χ3n) is 1.94. The van der Waals surface area contributed by atoms with Gasteiger partial charge in [-0.3, -0.25) is 9.98 Å². The summed E-state index contributed by atoms with van der Waals surface area (Å²) < 4.78 is 35.4. The molecule has 2 N–H and O–H groups in total. The maximum absolute atomic E-state index is 11.1. The molecule has 0 atom stereocenters. The summed E-state index contributed by atoms with van der Waals surface area (Å²) in [5.74, 6) is -0.973. The predicted octanol–water partition coefficient (Wildman–Crippen LogP) is 0.398. The Kier molecular flexibility index (Phi) is 4.57. The van der Waals surface area contributed by atoms with Crippen LogP contribution >= 0.6 is 0 Å². The quantitative estimate of drug-likeness (QED) is 0.354. The molecule has 0 aromatic heterocycles. The van der Waals surface area contributed by atoms with Crippen LogP contribution < -0.4 is 5.43 Å². The molecule has 1 aromatic carbocycles. The van der Waals surface area contributed by atoms with Crippen LogP contribution in [0.25, 0.3) is 0 Å². The molecule has 0 fully saturated rings. The molecule has 9 heteroatoms. The number of para-hydroxylation sites is 1. The van der Waals surface area contributed by atoms with E-state index in [1.54, 1.807) is 0 Å². The van der Waals surface area contributed by atoms with E-state index in [1.807, 2.05) is 0 Å². The van der Waals surface area contributed by atoms with Crippen molar-refractivity contribution in [2.75, 3.05) is 12.5 Å². The summed E-state index contributed by atoms with van der Waals surface area (Å²) in [7, 11) is -3.37. The largest absolute Gasteiger partial charge is 0.464 e. The molecule has 0 aliphatic rings. The van der Waals surface area contributed by atoms with E-state index in [-0.39, 0.29) is 5.69 Å². The van der Waals surface area contributed by atoms with E-state index in [1.165, 1.54) is 24.3 Å². The summed E-state index contributed by atoms with van der Waals surface area (Å²) in [6, 6.07) is 6.80. The Bertz CT molecular complexity index is 660. The second-order valence-corrected chi connectivity index (χ2v) is 4.54. The lowest BCUT2D eigenvalue weighted by atomic mass is 10.3. The van der Waals surface area contributed by atoms with Gasteiger partial charge in [-0.05, 0) is 12.1 Å². The van der Waals surface area contributed by atoms with Crippen molar-refractivity contribution in [2.45, 2.75) is 4.90 Å². The highest BCUT2D eigenvalue weighted by Crippen LogP contribution is 2.20. The molecule has 1 aromatic rings. The topological polar surface area (TPSA) is 129 Å². The number of esters is 1. The number of carbonyl (C=O) groups excluding carboxylic acids is 1. The third-order valence-corrected chi connectivity index (χ3v) is 2.85. The van der Waals surface area contributed by atoms with Crippen molar-refractivity contribution in [1.82, 2.24) is 0 Å². The van der Waals surface area contributed by atoms with Crippen LogP contribution in [-0.4, -0.2) is 31.8 Å². The molecular formula is C10H9N3O5S. The van der Waals surface area contributed by atoms with Crippen molar-refractivity contribution in [3.8, 4) is 6.07 Å². The van der Waals surface area contributed by atoms with Crippen molar-refractivity contribution in [1.29, 1.82) is 5.26 Å². The molecule has 1 rings (SSSR count). The van der Waals surface area contributed by atoms with Crippen LogP contribution in [0.1, 0.15) is 0 Å². The average molecular weight is 283 g/mol. The third kappa shape index (κ3) is 3.77. The van der Waals surface area contributed by atoms with Crippen molar-refractivity contribution < 1.29 is 22.5 Å². The van der Waals surface area contributed by atoms with Crippen molar-refractivity contribution in [3.63, 3.8) is 0 Å². The minimum atomic E-state index is -4.44. The molecule has 100 valence electrons. The molecular weight excluding hydrogens is 274 g/mol. The monoisotopic (exact) mass is 283 g/mol. The smallest absolute Gasteiger partial charge is 0.369 e. The number of nitriles is 1. The van der Waals surface area contributed by atoms with Crippen molar-refractivity contribution in [2.24, 2.45) is 5.10 Å². The molecule has 0 saturated carbocycles. The number of anilines is 1. The number of nitrogens with one attached hydrogen (secondary N) is 1. The Morgan fingerprint density at radius 3 is 2.63 bits per heavy atom. The number of rotatable bonds is 4. The van der Waals surface area contributed by atoms with Gasteiger partial charge in [0.25, 0.3) is 10.1 Å². The summed E-state index contributed by atoms with van der Waals surface area (Å²) in [5, 5.41) is 12.1. The predicted molar refractivity (Wildman–Crippen MR) is 64.9 cm³/mol. The first-order valence-corrected chi connectivity index (χ1v) is 6.22. The number of carbonyl (C=O) groups is 1. The fourth-order valence-corrected chi connectivity index (χ4v) is 1.76. The van der Waals surface area contributed by atoms with Crippen LogP contribution in [0.15, 0.2) is 34.3 Å². The van der Waals surface area contributed by atoms with Crippen LogP contribution in [0.5, 0.6) is 0 Å². The fraction of sp³-hybridized carbons (Fsp3) is 0.100. The first-order valence-electron chi connectivity index (χ1n) is 4.78. The van der Waals surface area contributed by atoms with Gasteiger partial charge < -0.3 is 4.74 Å². The van der Waals surface area contributed by atoms with E-state index in [9.17, 15) is 13.2 Å². The minimum absolute atomic E-state index is 0.0818. The van der Waals surface area contributed by atoms with Gasteiger partial charge in [0.15, 0.2) is 0 Å². The zero-order valence-corrected chi connectivity index (χ0v) is 10.5. The van der Waals surface area contributed by atoms with Gasteiger partial charge >= 0.3 is 5.97 Å². The summed E-state index contributed by atoms with van der Waals surface area (Å²) in [6.07, 6.45) is 0. The van der Waals surface area contributed by atoms with Gasteiger partial charge in [0.2, 0.25) is 5.71 Å². The van der Waals surface area contributed by atoms with Gasteiger partial charge in [0.1, 0.15) is 11.0 Å². The molecule has 0 unspecified atom stereocenters. The van der Waals surface area contributed by atoms with Gasteiger partial charge in [0, 0.05) is 0 Å². The molecule has 8 nitrogen and oxygen atoms in total. The van der Waals surface area contributed by atoms with Gasteiger partial charge in [-0.2, -0.15) is 18.8 Å². The van der Waals surface area contributed by atoms with Crippen LogP contribution in [0.2, 0.25) is 0 Å². The Balaban J connectivity index is 3.12. The molecule has 0 radical (unpaired) electrons. The van der Waals surface area contributed by atoms with E-state index < -0.39 is 26.7 Å². The lowest BCUT2D eigenvalue weighted by Crippen LogP contribution is -2.15. The Morgan fingerprint density at radius 2 is 2.11 bits per heavy atom. The normalized spacial score (nSPS) is 11.5. The second kappa shape index (κ2) is 5.94. The van der Waals surface area contributed by atoms with E-state index in [4.69, 9.17) is 9.81 Å². The number of hydrazone groups is 1. The molecule has 0 amide bonds. The summed E-state index contributed by atoms with van der Waals surface area (Å²) in [6.45, 7) is 0. The number of ether oxygens (including phenoxy) is 1. The first-order chi connectivity index (χ1) is 8.90. The van der Waals surface area contributed by atoms with E-state index in [2.05, 4.69) is 15.3 Å². The average Bonchev–Trinajstić information content (AvgIpc) is 2.38. The fourth-order valence-electron chi connectivity index (χ4n) is 1.11. The van der Waals surface area contributed by atoms with Crippen LogP contribution in [0.4, 0.5) is 5.69 Å². The second-order valence-electron chi connectivity index (χ2n) is 3.15. The molecule has 0 bridgehead atoms. The van der Waals surface area contributed by atoms with E-state index in [0.717, 1.165) is 13.2 Å². The number of methoxy groups -OCH3 is 1. The minimum Gasteiger partial charge on any atom is -0.464 e. The van der Waals surface area contributed by atoms with Crippen molar-refractivity contribution in [3.05, 3.63) is 24.3 Å². The SMILES string of the molecule is COC(=O)/C(C#N)=N\Nc1ccccc1S(=O)(=O)O. The Labute approximate surface area is 109 Å². The zero-order chi connectivity index (χ0) is 14.5. The first kappa shape index (κ1) is 14.6. The lowest BCUT2D eigenvalue weighted by Gasteiger charge is -2.05. The molecule has 0 heterocycles. The molecule has 0 spiro atoms. The zero-order valence-electron chi connectivity index (χ0n) is 9.69. The summed E-state index contributed by atoms with van der Waals surface area (Å²) >= 11 is 0. The van der Waals surface area contributed by atoms with Gasteiger partial charge in [-0.1, -0.05) is 12.1 Å². The molecule has 19 heavy (non-hydrogen) atoms. The summed E-state index contributed by atoms with van der Waals surface area (Å²) in [5.41, 5.74) is 1.54. The highest BCUT2D eigenvalue weighted by atomic mass is 32.2. The number of hydrogen-bond acceptors (Lipinski definition) is 7. The number of hydrogen-bond donors (Lipinski definition) is 2. The van der Waals surface area contributed by atoms with Crippen LogP contribution in [-0.2, 0) is 19.6 Å². The highest BCUT2D eigenvalue weighted by molar-refractivity contribution is 7.86. The highest BCUT2D eigenvalue weighted by Gasteiger charge is 2.15. The van der Waals surface area contributed by atoms with Gasteiger partial charge in [0.05, 0.1) is 12.8 Å². The molecule has 0 saturated heterocycles. The van der Waals surface area contributed by atoms with Crippen LogP contribution in [0.3, 0.4) is 0 Å². The standard InChI is InChI=1S/C10H9N3O5S/c1-18-10(14)8(6-11)13-12-7-4-2-3-5-9(7)19(15,16)17/h2-5,12H,1H3,(H,15,16,17)/b13-8-. The van der Waals surface area contributed by atoms with E-state index >= 15 is 0 Å². The maximum atomic E-state index is 11.1. The van der Waals surface area contributed by atoms with Crippen LogP contribution in [0, 0.1) is 11.3 Å². The van der Waals surface area contributed by atoms with E-state index in [0.29, 0.717) is 0 Å².